The monoisotopic (exact) mass is 296 g/mol. The standard InChI is InChI=1S/C15H21ClN2O2/c1-18(14-8-2-11(10-19)3-9-14)15(20)17-13-6-4-12(16)5-7-13/h4-7,11,14,19H,2-3,8-10H2,1H3,(H,17,20). The number of nitrogens with zero attached hydrogens (tertiary/aromatic N) is 1. The van der Waals surface area contributed by atoms with Crippen LogP contribution >= 0.6 is 11.6 Å². The van der Waals surface area contributed by atoms with Gasteiger partial charge in [-0.05, 0) is 55.9 Å². The second kappa shape index (κ2) is 6.95. The molecule has 0 radical (unpaired) electrons. The van der Waals surface area contributed by atoms with Crippen molar-refractivity contribution in [2.24, 2.45) is 5.92 Å². The Bertz CT molecular complexity index is 442. The third-order valence-electron chi connectivity index (χ3n) is 4.04. The number of carbonyl (C=O) groups is 1. The molecule has 2 N–H and O–H groups in total. The van der Waals surface area contributed by atoms with Crippen LogP contribution in [0.15, 0.2) is 24.3 Å². The molecular formula is C15H21ClN2O2. The van der Waals surface area contributed by atoms with Gasteiger partial charge in [0, 0.05) is 30.4 Å². The number of carbonyl (C=O) groups excluding carboxylic acids is 1. The maximum Gasteiger partial charge on any atom is 0.321 e. The molecule has 0 aromatic heterocycles. The van der Waals surface area contributed by atoms with Gasteiger partial charge in [0.2, 0.25) is 0 Å². The lowest BCUT2D eigenvalue weighted by Gasteiger charge is -2.34. The number of hydrogen-bond donors (Lipinski definition) is 2. The zero-order valence-electron chi connectivity index (χ0n) is 11.7. The van der Waals surface area contributed by atoms with E-state index in [2.05, 4.69) is 5.32 Å². The van der Waals surface area contributed by atoms with E-state index >= 15 is 0 Å². The Kier molecular flexibility index (Phi) is 5.26. The van der Waals surface area contributed by atoms with Crippen molar-refractivity contribution in [3.8, 4) is 0 Å². The second-order valence-corrected chi connectivity index (χ2v) is 5.84. The minimum Gasteiger partial charge on any atom is -0.396 e. The summed E-state index contributed by atoms with van der Waals surface area (Å²) in [6.45, 7) is 0.257. The second-order valence-electron chi connectivity index (χ2n) is 5.41. The molecule has 5 heteroatoms. The van der Waals surface area contributed by atoms with E-state index in [0.717, 1.165) is 31.4 Å². The van der Waals surface area contributed by atoms with Crippen LogP contribution < -0.4 is 5.32 Å². The maximum absolute atomic E-state index is 12.2. The summed E-state index contributed by atoms with van der Waals surface area (Å²) in [5.41, 5.74) is 0.746. The molecule has 4 nitrogen and oxygen atoms in total. The zero-order valence-corrected chi connectivity index (χ0v) is 12.4. The Morgan fingerprint density at radius 1 is 1.30 bits per heavy atom. The topological polar surface area (TPSA) is 52.6 Å². The Morgan fingerprint density at radius 2 is 1.90 bits per heavy atom. The molecule has 1 aromatic carbocycles. The summed E-state index contributed by atoms with van der Waals surface area (Å²) in [4.78, 5) is 13.9. The number of aliphatic hydroxyl groups excluding tert-OH is 1. The van der Waals surface area contributed by atoms with E-state index in [1.165, 1.54) is 0 Å². The summed E-state index contributed by atoms with van der Waals surface area (Å²) >= 11 is 5.82. The molecule has 0 bridgehead atoms. The van der Waals surface area contributed by atoms with Crippen molar-refractivity contribution in [1.29, 1.82) is 0 Å². The lowest BCUT2D eigenvalue weighted by Crippen LogP contribution is -2.42. The fourth-order valence-electron chi connectivity index (χ4n) is 2.63. The first-order valence-corrected chi connectivity index (χ1v) is 7.38. The Morgan fingerprint density at radius 3 is 2.45 bits per heavy atom. The molecule has 0 spiro atoms. The molecule has 0 saturated heterocycles. The van der Waals surface area contributed by atoms with Crippen LogP contribution in [0.4, 0.5) is 10.5 Å². The molecule has 1 aliphatic carbocycles. The molecule has 0 unspecified atom stereocenters. The van der Waals surface area contributed by atoms with Gasteiger partial charge in [0.25, 0.3) is 0 Å². The van der Waals surface area contributed by atoms with Crippen LogP contribution in [0.5, 0.6) is 0 Å². The fourth-order valence-corrected chi connectivity index (χ4v) is 2.75. The summed E-state index contributed by atoms with van der Waals surface area (Å²) in [7, 11) is 1.83. The first-order valence-electron chi connectivity index (χ1n) is 7.00. The van der Waals surface area contributed by atoms with E-state index < -0.39 is 0 Å². The van der Waals surface area contributed by atoms with E-state index in [1.54, 1.807) is 29.2 Å². The van der Waals surface area contributed by atoms with E-state index in [0.29, 0.717) is 10.9 Å². The molecular weight excluding hydrogens is 276 g/mol. The van der Waals surface area contributed by atoms with Crippen molar-refractivity contribution in [1.82, 2.24) is 4.90 Å². The van der Waals surface area contributed by atoms with Gasteiger partial charge < -0.3 is 15.3 Å². The predicted molar refractivity (Wildman–Crippen MR) is 81.1 cm³/mol. The molecule has 110 valence electrons. The number of rotatable bonds is 3. The third kappa shape index (κ3) is 3.87. The summed E-state index contributed by atoms with van der Waals surface area (Å²) in [6, 6.07) is 7.24. The molecule has 0 atom stereocenters. The number of anilines is 1. The average Bonchev–Trinajstić information content (AvgIpc) is 2.49. The molecule has 0 heterocycles. The lowest BCUT2D eigenvalue weighted by atomic mass is 9.86. The SMILES string of the molecule is CN(C(=O)Nc1ccc(Cl)cc1)C1CCC(CO)CC1. The van der Waals surface area contributed by atoms with Gasteiger partial charge in [0.15, 0.2) is 0 Å². The van der Waals surface area contributed by atoms with Crippen LogP contribution in [-0.2, 0) is 0 Å². The highest BCUT2D eigenvalue weighted by Gasteiger charge is 2.26. The van der Waals surface area contributed by atoms with Crippen LogP contribution in [0.25, 0.3) is 0 Å². The molecule has 1 fully saturated rings. The van der Waals surface area contributed by atoms with Crippen LogP contribution in [0.3, 0.4) is 0 Å². The van der Waals surface area contributed by atoms with Gasteiger partial charge in [0.1, 0.15) is 0 Å². The largest absolute Gasteiger partial charge is 0.396 e. The highest BCUT2D eigenvalue weighted by Crippen LogP contribution is 2.27. The molecule has 20 heavy (non-hydrogen) atoms. The number of halogens is 1. The third-order valence-corrected chi connectivity index (χ3v) is 4.29. The summed E-state index contributed by atoms with van der Waals surface area (Å²) in [5.74, 6) is 0.402. The maximum atomic E-state index is 12.2. The van der Waals surface area contributed by atoms with Crippen molar-refractivity contribution in [3.05, 3.63) is 29.3 Å². The average molecular weight is 297 g/mol. The molecule has 2 amide bonds. The summed E-state index contributed by atoms with van der Waals surface area (Å²) in [6.07, 6.45) is 3.88. The zero-order chi connectivity index (χ0) is 14.5. The normalized spacial score (nSPS) is 22.4. The predicted octanol–water partition coefficient (Wildman–Crippen LogP) is 3.35. The van der Waals surface area contributed by atoms with E-state index in [4.69, 9.17) is 16.7 Å². The van der Waals surface area contributed by atoms with Crippen LogP contribution in [-0.4, -0.2) is 35.7 Å². The van der Waals surface area contributed by atoms with Gasteiger partial charge in [-0.15, -0.1) is 0 Å². The Hall–Kier alpha value is -1.26. The lowest BCUT2D eigenvalue weighted by molar-refractivity contribution is 0.139. The summed E-state index contributed by atoms with van der Waals surface area (Å²) in [5, 5.41) is 12.7. The smallest absolute Gasteiger partial charge is 0.321 e. The van der Waals surface area contributed by atoms with Gasteiger partial charge in [0.05, 0.1) is 0 Å². The van der Waals surface area contributed by atoms with Gasteiger partial charge in [-0.25, -0.2) is 4.79 Å². The quantitative estimate of drug-likeness (QED) is 0.898. The molecule has 0 aliphatic heterocycles. The highest BCUT2D eigenvalue weighted by molar-refractivity contribution is 6.30. The van der Waals surface area contributed by atoms with Crippen LogP contribution in [0, 0.1) is 5.92 Å². The first kappa shape index (κ1) is 15.1. The van der Waals surface area contributed by atoms with Crippen molar-refractivity contribution >= 4 is 23.3 Å². The number of nitrogens with one attached hydrogen (secondary N) is 1. The molecule has 2 rings (SSSR count). The fraction of sp³-hybridized carbons (Fsp3) is 0.533. The van der Waals surface area contributed by atoms with Crippen molar-refractivity contribution in [3.63, 3.8) is 0 Å². The number of benzene rings is 1. The van der Waals surface area contributed by atoms with E-state index in [-0.39, 0.29) is 18.7 Å². The Labute approximate surface area is 124 Å². The van der Waals surface area contributed by atoms with Gasteiger partial charge in [-0.2, -0.15) is 0 Å². The number of urea groups is 1. The van der Waals surface area contributed by atoms with Crippen molar-refractivity contribution < 1.29 is 9.90 Å². The van der Waals surface area contributed by atoms with Gasteiger partial charge >= 0.3 is 6.03 Å². The van der Waals surface area contributed by atoms with Crippen molar-refractivity contribution in [2.75, 3.05) is 19.0 Å². The molecule has 1 aliphatic rings. The minimum absolute atomic E-state index is 0.0974. The van der Waals surface area contributed by atoms with E-state index in [1.807, 2.05) is 7.05 Å². The first-order chi connectivity index (χ1) is 9.60. The highest BCUT2D eigenvalue weighted by atomic mass is 35.5. The van der Waals surface area contributed by atoms with Crippen LogP contribution in [0.2, 0.25) is 5.02 Å². The minimum atomic E-state index is -0.0974. The Balaban J connectivity index is 1.87. The molecule has 1 saturated carbocycles. The summed E-state index contributed by atoms with van der Waals surface area (Å²) < 4.78 is 0. The number of aliphatic hydroxyl groups is 1. The van der Waals surface area contributed by atoms with Gasteiger partial charge in [-0.1, -0.05) is 11.6 Å². The van der Waals surface area contributed by atoms with Crippen molar-refractivity contribution in [2.45, 2.75) is 31.7 Å². The molecule has 1 aromatic rings. The van der Waals surface area contributed by atoms with Crippen LogP contribution in [0.1, 0.15) is 25.7 Å². The number of amides is 2. The number of hydrogen-bond acceptors (Lipinski definition) is 2. The van der Waals surface area contributed by atoms with Gasteiger partial charge in [-0.3, -0.25) is 0 Å². The van der Waals surface area contributed by atoms with E-state index in [9.17, 15) is 4.79 Å².